The molecule has 0 aliphatic heterocycles. The Hall–Kier alpha value is -4.90. The van der Waals surface area contributed by atoms with Crippen LogP contribution in [-0.2, 0) is 25.2 Å². The molecule has 21 heteroatoms. The van der Waals surface area contributed by atoms with Crippen molar-refractivity contribution < 1.29 is 89.8 Å². The minimum atomic E-state index is -4.59. The van der Waals surface area contributed by atoms with E-state index in [1.165, 1.54) is 24.3 Å². The molecule has 0 unspecified atom stereocenters. The summed E-state index contributed by atoms with van der Waals surface area (Å²) in [6, 6.07) is 15.7. The molecular weight excluding hydrogens is 918 g/mol. The van der Waals surface area contributed by atoms with Crippen molar-refractivity contribution in [2.45, 2.75) is 64.7 Å². The molecule has 0 amide bonds. The van der Waals surface area contributed by atoms with E-state index in [0.717, 1.165) is 17.8 Å². The number of aromatic carboxylic acids is 1. The maximum atomic E-state index is 13.1. The van der Waals surface area contributed by atoms with Crippen LogP contribution in [0, 0.1) is 6.57 Å². The van der Waals surface area contributed by atoms with Gasteiger partial charge in [0.15, 0.2) is 22.6 Å². The Morgan fingerprint density at radius 3 is 1.54 bits per heavy atom. The SMILES string of the molecule is CCCc1c(OCCCN(C)c2ccc(C(=O)O)c(Cl)c2)ccc2c(C(F)(F)F)noc12.[C-]#[N+]c1ccc(N(C)CCCOc2ccc3c(C(F)(F)F)noc3c2CCC)cc1Cl.[Na+].[OH-]. The fourth-order valence-electron chi connectivity index (χ4n) is 6.70. The first kappa shape index (κ1) is 54.4. The molecule has 0 aliphatic rings. The fourth-order valence-corrected chi connectivity index (χ4v) is 7.17. The number of anilines is 2. The second-order valence-electron chi connectivity index (χ2n) is 14.4. The van der Waals surface area contributed by atoms with Crippen molar-refractivity contribution in [2.24, 2.45) is 0 Å². The third-order valence-electron chi connectivity index (χ3n) is 9.85. The van der Waals surface area contributed by atoms with E-state index in [9.17, 15) is 31.1 Å². The van der Waals surface area contributed by atoms with Crippen LogP contribution in [0.3, 0.4) is 0 Å². The molecule has 0 fully saturated rings. The summed E-state index contributed by atoms with van der Waals surface area (Å²) < 4.78 is 101. The molecular formula is C44H44Cl2F6N5NaO7. The van der Waals surface area contributed by atoms with Gasteiger partial charge >= 0.3 is 47.9 Å². The molecule has 2 aromatic heterocycles. The molecule has 6 rings (SSSR count). The molecule has 0 bridgehead atoms. The summed E-state index contributed by atoms with van der Waals surface area (Å²) in [6.45, 7) is 12.9. The molecule has 6 aromatic rings. The van der Waals surface area contributed by atoms with Gasteiger partial charge in [-0.05, 0) is 80.3 Å². The van der Waals surface area contributed by atoms with E-state index >= 15 is 0 Å². The van der Waals surface area contributed by atoms with Gasteiger partial charge < -0.3 is 38.9 Å². The Labute approximate surface area is 402 Å². The zero-order chi connectivity index (χ0) is 46.1. The van der Waals surface area contributed by atoms with Crippen LogP contribution in [0.2, 0.25) is 10.0 Å². The summed E-state index contributed by atoms with van der Waals surface area (Å²) in [7, 11) is 3.75. The second kappa shape index (κ2) is 24.0. The van der Waals surface area contributed by atoms with Gasteiger partial charge in [-0.25, -0.2) is 9.64 Å². The zero-order valence-corrected chi connectivity index (χ0v) is 39.6. The molecule has 0 saturated carbocycles. The van der Waals surface area contributed by atoms with Crippen molar-refractivity contribution in [1.29, 1.82) is 0 Å². The largest absolute Gasteiger partial charge is 1.00 e. The average Bonchev–Trinajstić information content (AvgIpc) is 3.88. The Morgan fingerprint density at radius 1 is 0.738 bits per heavy atom. The van der Waals surface area contributed by atoms with Crippen LogP contribution in [0.4, 0.5) is 43.4 Å². The monoisotopic (exact) mass is 961 g/mol. The molecule has 0 spiro atoms. The topological polar surface area (TPSA) is 149 Å². The molecule has 344 valence electrons. The molecule has 65 heavy (non-hydrogen) atoms. The molecule has 4 aromatic carbocycles. The second-order valence-corrected chi connectivity index (χ2v) is 15.2. The van der Waals surface area contributed by atoms with Crippen molar-refractivity contribution >= 4 is 68.2 Å². The first-order chi connectivity index (χ1) is 29.9. The van der Waals surface area contributed by atoms with Gasteiger partial charge in [-0.15, -0.1) is 0 Å². The van der Waals surface area contributed by atoms with E-state index in [4.69, 9.17) is 53.4 Å². The van der Waals surface area contributed by atoms with Crippen LogP contribution in [0.25, 0.3) is 26.8 Å². The van der Waals surface area contributed by atoms with Gasteiger partial charge in [-0.3, -0.25) is 0 Å². The number of rotatable bonds is 17. The van der Waals surface area contributed by atoms with Crippen LogP contribution in [0.1, 0.15) is 72.4 Å². The molecule has 0 saturated heterocycles. The first-order valence-electron chi connectivity index (χ1n) is 19.7. The molecule has 12 nitrogen and oxygen atoms in total. The van der Waals surface area contributed by atoms with Crippen molar-refractivity contribution in [2.75, 3.05) is 50.2 Å². The van der Waals surface area contributed by atoms with Gasteiger partial charge in [0.05, 0.1) is 41.1 Å². The van der Waals surface area contributed by atoms with E-state index in [0.29, 0.717) is 91.7 Å². The number of benzene rings is 4. The molecule has 0 atom stereocenters. The Kier molecular flexibility index (Phi) is 20.1. The van der Waals surface area contributed by atoms with Gasteiger partial charge in [0.1, 0.15) is 11.5 Å². The molecule has 2 N–H and O–H groups in total. The van der Waals surface area contributed by atoms with Gasteiger partial charge in [0.25, 0.3) is 0 Å². The number of fused-ring (bicyclic) bond motifs is 2. The maximum absolute atomic E-state index is 13.1. The van der Waals surface area contributed by atoms with Crippen LogP contribution in [-0.4, -0.2) is 67.3 Å². The summed E-state index contributed by atoms with van der Waals surface area (Å²) in [5.74, 6) is -0.112. The third kappa shape index (κ3) is 13.6. The summed E-state index contributed by atoms with van der Waals surface area (Å²) >= 11 is 12.1. The molecule has 0 aliphatic carbocycles. The normalized spacial score (nSPS) is 11.2. The number of aromatic nitrogens is 2. The van der Waals surface area contributed by atoms with E-state index in [-0.39, 0.29) is 67.6 Å². The van der Waals surface area contributed by atoms with Crippen molar-refractivity contribution in [3.05, 3.63) is 110 Å². The minimum Gasteiger partial charge on any atom is -0.870 e. The number of hydrogen-bond donors (Lipinski definition) is 1. The van der Waals surface area contributed by atoms with Gasteiger partial charge in [-0.1, -0.05) is 66.3 Å². The predicted octanol–water partition coefficient (Wildman–Crippen LogP) is 9.79. The Bertz CT molecular complexity index is 2580. The van der Waals surface area contributed by atoms with Crippen LogP contribution >= 0.6 is 23.2 Å². The minimum absolute atomic E-state index is 0. The van der Waals surface area contributed by atoms with Crippen LogP contribution in [0.5, 0.6) is 11.5 Å². The fraction of sp³-hybridized carbons (Fsp3) is 0.364. The van der Waals surface area contributed by atoms with Crippen LogP contribution in [0.15, 0.2) is 69.7 Å². The number of carboxylic acid groups (broad SMARTS) is 1. The quantitative estimate of drug-likeness (QED) is 0.0403. The summed E-state index contributed by atoms with van der Waals surface area (Å²) in [5.41, 5.74) is 1.41. The number of hydrogen-bond acceptors (Lipinski definition) is 10. The van der Waals surface area contributed by atoms with E-state index in [2.05, 4.69) is 15.2 Å². The number of carboxylic acids is 1. The summed E-state index contributed by atoms with van der Waals surface area (Å²) in [6.07, 6.45) is -5.44. The number of nitrogens with zero attached hydrogens (tertiary/aromatic N) is 5. The maximum Gasteiger partial charge on any atom is 1.00 e. The van der Waals surface area contributed by atoms with Crippen molar-refractivity contribution in [3.8, 4) is 11.5 Å². The van der Waals surface area contributed by atoms with Crippen molar-refractivity contribution in [3.63, 3.8) is 0 Å². The first-order valence-corrected chi connectivity index (χ1v) is 20.5. The van der Waals surface area contributed by atoms with Crippen LogP contribution < -0.4 is 48.8 Å². The number of alkyl halides is 6. The van der Waals surface area contributed by atoms with Gasteiger partial charge in [0, 0.05) is 54.7 Å². The van der Waals surface area contributed by atoms with E-state index in [1.54, 1.807) is 30.3 Å². The summed E-state index contributed by atoms with van der Waals surface area (Å²) in [5, 5.41) is 15.9. The molecule has 0 radical (unpaired) electrons. The van der Waals surface area contributed by atoms with Gasteiger partial charge in [0.2, 0.25) is 5.69 Å². The molecule has 2 heterocycles. The average molecular weight is 963 g/mol. The number of ether oxygens (including phenoxy) is 2. The van der Waals surface area contributed by atoms with E-state index in [1.807, 2.05) is 43.8 Å². The van der Waals surface area contributed by atoms with Gasteiger partial charge in [-0.2, -0.15) is 26.3 Å². The number of carbonyl (C=O) groups is 1. The Balaban J connectivity index is 0.000000335. The number of aryl methyl sites for hydroxylation is 2. The number of halogens is 8. The third-order valence-corrected chi connectivity index (χ3v) is 10.5. The standard InChI is InChI=1S/C22H21ClF3N3O2.C22H22ClF3N2O4.Na.H2O/c1-4-6-15-19(10-8-16-20(15)31-28-21(16)22(24,25)26)30-12-5-11-29(3)14-7-9-18(27-2)17(23)13-14;1-3-5-15-18(9-8-16-19(15)32-27-20(16)22(24,25)26)31-11-4-10-28(2)13-6-7-14(21(29)30)17(23)12-13;;/h7-10,13H,4-6,11-12H2,1,3H3;6-9,12H,3-5,10-11H2,1-2H3,(H,29,30);;1H2/q;;+1;/p-1. The zero-order valence-electron chi connectivity index (χ0n) is 36.0. The smallest absolute Gasteiger partial charge is 0.870 e. The Morgan fingerprint density at radius 2 is 1.17 bits per heavy atom. The predicted molar refractivity (Wildman–Crippen MR) is 231 cm³/mol. The summed E-state index contributed by atoms with van der Waals surface area (Å²) in [4.78, 5) is 18.3. The van der Waals surface area contributed by atoms with Crippen molar-refractivity contribution in [1.82, 2.24) is 10.3 Å². The van der Waals surface area contributed by atoms with E-state index < -0.39 is 29.7 Å².